The minimum absolute atomic E-state index is 0.294. The Morgan fingerprint density at radius 3 is 2.37 bits per heavy atom. The normalized spacial score (nSPS) is 17.4. The molecule has 0 radical (unpaired) electrons. The van der Waals surface area contributed by atoms with Gasteiger partial charge in [-0.15, -0.1) is 0 Å². The van der Waals surface area contributed by atoms with Crippen LogP contribution in [0.2, 0.25) is 0 Å². The fourth-order valence-electron chi connectivity index (χ4n) is 3.80. The van der Waals surface area contributed by atoms with Crippen LogP contribution < -0.4 is 15.5 Å². The number of phenolic OH excluding ortho intramolecular Hbond substituents is 1. The Balaban J connectivity index is 1.44. The number of nitrogens with one attached hydrogen (secondary N) is 2. The molecule has 1 saturated heterocycles. The Morgan fingerprint density at radius 1 is 0.926 bits per heavy atom. The van der Waals surface area contributed by atoms with E-state index in [0.29, 0.717) is 23.7 Å². The van der Waals surface area contributed by atoms with Crippen LogP contribution in [0.3, 0.4) is 0 Å². The van der Waals surface area contributed by atoms with Crippen molar-refractivity contribution in [3.8, 4) is 5.75 Å². The van der Waals surface area contributed by atoms with Crippen molar-refractivity contribution in [1.29, 1.82) is 0 Å². The highest BCUT2D eigenvalue weighted by molar-refractivity contribution is 5.45. The second kappa shape index (κ2) is 8.41. The SMILES string of the molecule is Oc1ccc(CCNc2nc(NC3CCCC3)nc(N3CCCC3)n2)cc1. The van der Waals surface area contributed by atoms with Crippen molar-refractivity contribution < 1.29 is 5.11 Å². The third-order valence-corrected chi connectivity index (χ3v) is 5.33. The van der Waals surface area contributed by atoms with Crippen LogP contribution in [0.25, 0.3) is 0 Å². The quantitative estimate of drug-likeness (QED) is 0.692. The van der Waals surface area contributed by atoms with Gasteiger partial charge in [-0.1, -0.05) is 25.0 Å². The third-order valence-electron chi connectivity index (χ3n) is 5.33. The molecule has 1 aromatic carbocycles. The van der Waals surface area contributed by atoms with E-state index < -0.39 is 0 Å². The fourth-order valence-corrected chi connectivity index (χ4v) is 3.80. The summed E-state index contributed by atoms with van der Waals surface area (Å²) < 4.78 is 0. The Hall–Kier alpha value is -2.57. The lowest BCUT2D eigenvalue weighted by Crippen LogP contribution is -2.24. The van der Waals surface area contributed by atoms with Crippen LogP contribution in [0.15, 0.2) is 24.3 Å². The van der Waals surface area contributed by atoms with Crippen LogP contribution in [-0.4, -0.2) is 45.7 Å². The number of nitrogens with zero attached hydrogens (tertiary/aromatic N) is 4. The lowest BCUT2D eigenvalue weighted by Gasteiger charge is -2.18. The monoisotopic (exact) mass is 368 g/mol. The molecule has 2 heterocycles. The lowest BCUT2D eigenvalue weighted by molar-refractivity contribution is 0.475. The third kappa shape index (κ3) is 4.78. The number of aromatic nitrogens is 3. The molecule has 2 aliphatic rings. The van der Waals surface area contributed by atoms with Gasteiger partial charge in [-0.05, 0) is 49.8 Å². The average Bonchev–Trinajstić information content (AvgIpc) is 3.37. The van der Waals surface area contributed by atoms with Gasteiger partial charge in [0.05, 0.1) is 0 Å². The minimum Gasteiger partial charge on any atom is -0.508 e. The van der Waals surface area contributed by atoms with E-state index in [2.05, 4.69) is 30.5 Å². The van der Waals surface area contributed by atoms with E-state index in [0.717, 1.165) is 32.0 Å². The van der Waals surface area contributed by atoms with E-state index in [1.54, 1.807) is 12.1 Å². The first-order valence-corrected chi connectivity index (χ1v) is 10.1. The predicted octanol–water partition coefficient (Wildman–Crippen LogP) is 3.19. The van der Waals surface area contributed by atoms with Gasteiger partial charge in [-0.3, -0.25) is 0 Å². The van der Waals surface area contributed by atoms with Gasteiger partial charge in [-0.2, -0.15) is 15.0 Å². The van der Waals surface area contributed by atoms with E-state index in [1.807, 2.05) is 12.1 Å². The molecular formula is C20H28N6O. The van der Waals surface area contributed by atoms with Crippen LogP contribution in [0, 0.1) is 0 Å². The molecule has 0 spiro atoms. The maximum Gasteiger partial charge on any atom is 0.231 e. The predicted molar refractivity (Wildman–Crippen MR) is 107 cm³/mol. The lowest BCUT2D eigenvalue weighted by atomic mass is 10.1. The molecule has 0 amide bonds. The van der Waals surface area contributed by atoms with Crippen molar-refractivity contribution >= 4 is 17.8 Å². The average molecular weight is 368 g/mol. The highest BCUT2D eigenvalue weighted by Gasteiger charge is 2.20. The van der Waals surface area contributed by atoms with Gasteiger partial charge in [0.1, 0.15) is 5.75 Å². The summed E-state index contributed by atoms with van der Waals surface area (Å²) >= 11 is 0. The topological polar surface area (TPSA) is 86.2 Å². The van der Waals surface area contributed by atoms with Crippen molar-refractivity contribution in [2.24, 2.45) is 0 Å². The molecule has 1 aliphatic heterocycles. The zero-order chi connectivity index (χ0) is 18.5. The first kappa shape index (κ1) is 17.8. The molecule has 27 heavy (non-hydrogen) atoms. The van der Waals surface area contributed by atoms with Crippen molar-refractivity contribution in [3.63, 3.8) is 0 Å². The van der Waals surface area contributed by atoms with Gasteiger partial charge in [0, 0.05) is 25.7 Å². The highest BCUT2D eigenvalue weighted by atomic mass is 16.3. The van der Waals surface area contributed by atoms with Gasteiger partial charge in [0.25, 0.3) is 0 Å². The van der Waals surface area contributed by atoms with Gasteiger partial charge in [0.2, 0.25) is 17.8 Å². The van der Waals surface area contributed by atoms with Crippen molar-refractivity contribution in [1.82, 2.24) is 15.0 Å². The van der Waals surface area contributed by atoms with Crippen molar-refractivity contribution in [2.45, 2.75) is 51.0 Å². The summed E-state index contributed by atoms with van der Waals surface area (Å²) in [5.74, 6) is 2.38. The molecule has 7 nitrogen and oxygen atoms in total. The second-order valence-corrected chi connectivity index (χ2v) is 7.45. The molecule has 0 bridgehead atoms. The minimum atomic E-state index is 0.294. The van der Waals surface area contributed by atoms with E-state index in [1.165, 1.54) is 44.1 Å². The molecule has 7 heteroatoms. The number of benzene rings is 1. The molecule has 0 unspecified atom stereocenters. The van der Waals surface area contributed by atoms with E-state index >= 15 is 0 Å². The summed E-state index contributed by atoms with van der Waals surface area (Å²) in [5.41, 5.74) is 1.17. The van der Waals surface area contributed by atoms with Gasteiger partial charge < -0.3 is 20.6 Å². The summed E-state index contributed by atoms with van der Waals surface area (Å²) in [7, 11) is 0. The number of phenols is 1. The Bertz CT molecular complexity index is 739. The summed E-state index contributed by atoms with van der Waals surface area (Å²) in [4.78, 5) is 16.2. The highest BCUT2D eigenvalue weighted by Crippen LogP contribution is 2.23. The molecular weight excluding hydrogens is 340 g/mol. The zero-order valence-electron chi connectivity index (χ0n) is 15.7. The largest absolute Gasteiger partial charge is 0.508 e. The molecule has 0 atom stereocenters. The molecule has 2 fully saturated rings. The molecule has 144 valence electrons. The van der Waals surface area contributed by atoms with Crippen LogP contribution in [-0.2, 0) is 6.42 Å². The van der Waals surface area contributed by atoms with E-state index in [9.17, 15) is 5.11 Å². The number of hydrogen-bond acceptors (Lipinski definition) is 7. The molecule has 1 aliphatic carbocycles. The molecule has 4 rings (SSSR count). The fraction of sp³-hybridized carbons (Fsp3) is 0.550. The van der Waals surface area contributed by atoms with Crippen molar-refractivity contribution in [3.05, 3.63) is 29.8 Å². The number of aromatic hydroxyl groups is 1. The van der Waals surface area contributed by atoms with Crippen LogP contribution in [0.4, 0.5) is 17.8 Å². The van der Waals surface area contributed by atoms with Crippen LogP contribution in [0.1, 0.15) is 44.1 Å². The summed E-state index contributed by atoms with van der Waals surface area (Å²) in [6.45, 7) is 2.76. The zero-order valence-corrected chi connectivity index (χ0v) is 15.7. The maximum atomic E-state index is 9.39. The number of rotatable bonds is 7. The Labute approximate surface area is 160 Å². The van der Waals surface area contributed by atoms with Crippen molar-refractivity contribution in [2.75, 3.05) is 35.2 Å². The smallest absolute Gasteiger partial charge is 0.231 e. The van der Waals surface area contributed by atoms with Crippen LogP contribution >= 0.6 is 0 Å². The van der Waals surface area contributed by atoms with E-state index in [-0.39, 0.29) is 0 Å². The van der Waals surface area contributed by atoms with E-state index in [4.69, 9.17) is 0 Å². The molecule has 1 aromatic heterocycles. The van der Waals surface area contributed by atoms with Crippen LogP contribution in [0.5, 0.6) is 5.75 Å². The maximum absolute atomic E-state index is 9.39. The summed E-state index contributed by atoms with van der Waals surface area (Å²) in [6.07, 6.45) is 8.17. The first-order valence-electron chi connectivity index (χ1n) is 10.1. The molecule has 2 aromatic rings. The summed E-state index contributed by atoms with van der Waals surface area (Å²) in [6, 6.07) is 7.78. The van der Waals surface area contributed by atoms with Gasteiger partial charge >= 0.3 is 0 Å². The second-order valence-electron chi connectivity index (χ2n) is 7.45. The molecule has 3 N–H and O–H groups in total. The number of anilines is 3. The molecule has 1 saturated carbocycles. The van der Waals surface area contributed by atoms with Gasteiger partial charge in [0.15, 0.2) is 0 Å². The Kier molecular flexibility index (Phi) is 5.55. The number of hydrogen-bond donors (Lipinski definition) is 3. The standard InChI is InChI=1S/C20H28N6O/c27-17-9-7-15(8-10-17)11-12-21-18-23-19(22-16-5-1-2-6-16)25-20(24-18)26-13-3-4-14-26/h7-10,16,27H,1-6,11-14H2,(H2,21,22,23,24,25). The van der Waals surface area contributed by atoms with Gasteiger partial charge in [-0.25, -0.2) is 0 Å². The Morgan fingerprint density at radius 2 is 1.63 bits per heavy atom. The summed E-state index contributed by atoms with van der Waals surface area (Å²) in [5, 5.41) is 16.2. The first-order chi connectivity index (χ1) is 13.3.